The molecular weight excluding hydrogens is 218 g/mol. The van der Waals surface area contributed by atoms with Gasteiger partial charge in [0.15, 0.2) is 0 Å². The molecule has 88 valence electrons. The minimum Gasteiger partial charge on any atom is -0.335 e. The summed E-state index contributed by atoms with van der Waals surface area (Å²) in [5.74, 6) is 1.03. The quantitative estimate of drug-likeness (QED) is 0.803. The molecular formula is C11H13N5O. The summed E-state index contributed by atoms with van der Waals surface area (Å²) < 4.78 is 2.10. The van der Waals surface area contributed by atoms with Gasteiger partial charge in [-0.1, -0.05) is 0 Å². The smallest absolute Gasteiger partial charge is 0.228 e. The van der Waals surface area contributed by atoms with Crippen LogP contribution in [0, 0.1) is 5.92 Å². The Morgan fingerprint density at radius 1 is 1.59 bits per heavy atom. The van der Waals surface area contributed by atoms with Crippen LogP contribution in [-0.2, 0) is 17.8 Å². The lowest BCUT2D eigenvalue weighted by Crippen LogP contribution is -2.30. The van der Waals surface area contributed by atoms with Gasteiger partial charge in [-0.3, -0.25) is 9.89 Å². The lowest BCUT2D eigenvalue weighted by atomic mass is 9.97. The van der Waals surface area contributed by atoms with Crippen LogP contribution in [0.15, 0.2) is 24.8 Å². The molecule has 6 heteroatoms. The Bertz CT molecular complexity index is 516. The van der Waals surface area contributed by atoms with E-state index in [-0.39, 0.29) is 11.8 Å². The van der Waals surface area contributed by atoms with Crippen LogP contribution in [0.5, 0.6) is 0 Å². The number of carbonyl (C=O) groups is 1. The topological polar surface area (TPSA) is 75.6 Å². The normalized spacial score (nSPS) is 18.7. The van der Waals surface area contributed by atoms with E-state index in [2.05, 4.69) is 25.1 Å². The number of H-pyrrole nitrogens is 1. The van der Waals surface area contributed by atoms with Gasteiger partial charge in [0, 0.05) is 37.5 Å². The van der Waals surface area contributed by atoms with Crippen molar-refractivity contribution in [2.24, 2.45) is 5.92 Å². The molecule has 0 radical (unpaired) electrons. The lowest BCUT2D eigenvalue weighted by Gasteiger charge is -2.22. The third kappa shape index (κ3) is 1.93. The highest BCUT2D eigenvalue weighted by atomic mass is 16.1. The molecule has 1 unspecified atom stereocenters. The Balaban J connectivity index is 1.68. The van der Waals surface area contributed by atoms with E-state index in [1.165, 1.54) is 0 Å². The van der Waals surface area contributed by atoms with Crippen LogP contribution in [0.1, 0.15) is 12.2 Å². The number of anilines is 1. The summed E-state index contributed by atoms with van der Waals surface area (Å²) in [5, 5.41) is 9.31. The Morgan fingerprint density at radius 2 is 2.53 bits per heavy atom. The first-order valence-corrected chi connectivity index (χ1v) is 5.62. The van der Waals surface area contributed by atoms with Crippen molar-refractivity contribution in [3.8, 4) is 0 Å². The van der Waals surface area contributed by atoms with Gasteiger partial charge in [-0.2, -0.15) is 5.10 Å². The first-order chi connectivity index (χ1) is 8.33. The van der Waals surface area contributed by atoms with Gasteiger partial charge in [0.1, 0.15) is 5.82 Å². The predicted octanol–water partition coefficient (Wildman–Crippen LogP) is 0.807. The van der Waals surface area contributed by atoms with Gasteiger partial charge in [-0.05, 0) is 6.42 Å². The second kappa shape index (κ2) is 4.04. The molecule has 0 saturated heterocycles. The summed E-state index contributed by atoms with van der Waals surface area (Å²) in [7, 11) is 0. The van der Waals surface area contributed by atoms with Crippen LogP contribution in [0.2, 0.25) is 0 Å². The Labute approximate surface area is 98.1 Å². The van der Waals surface area contributed by atoms with Crippen LogP contribution >= 0.6 is 0 Å². The van der Waals surface area contributed by atoms with E-state index in [1.807, 2.05) is 6.20 Å². The molecule has 3 heterocycles. The van der Waals surface area contributed by atoms with Crippen LogP contribution in [0.4, 0.5) is 5.69 Å². The van der Waals surface area contributed by atoms with E-state index in [1.54, 1.807) is 18.6 Å². The average Bonchev–Trinajstić information content (AvgIpc) is 2.97. The Hall–Kier alpha value is -2.11. The van der Waals surface area contributed by atoms with E-state index in [0.717, 1.165) is 18.8 Å². The third-order valence-electron chi connectivity index (χ3n) is 3.09. The van der Waals surface area contributed by atoms with Crippen molar-refractivity contribution < 1.29 is 4.79 Å². The van der Waals surface area contributed by atoms with Gasteiger partial charge in [-0.25, -0.2) is 4.98 Å². The number of aromatic nitrogens is 4. The SMILES string of the molecule is O=C(Nc1cn[nH]c1)C1CCn2ccnc2C1. The minimum absolute atomic E-state index is 0.000185. The van der Waals surface area contributed by atoms with Crippen molar-refractivity contribution in [2.45, 2.75) is 19.4 Å². The molecule has 1 amide bonds. The Morgan fingerprint density at radius 3 is 3.35 bits per heavy atom. The predicted molar refractivity (Wildman–Crippen MR) is 61.3 cm³/mol. The molecule has 2 N–H and O–H groups in total. The number of rotatable bonds is 2. The van der Waals surface area contributed by atoms with Crippen molar-refractivity contribution in [1.29, 1.82) is 0 Å². The summed E-state index contributed by atoms with van der Waals surface area (Å²) in [6.45, 7) is 0.860. The fourth-order valence-corrected chi connectivity index (χ4v) is 2.14. The van der Waals surface area contributed by atoms with Crippen molar-refractivity contribution in [3.63, 3.8) is 0 Å². The highest BCUT2D eigenvalue weighted by Gasteiger charge is 2.25. The number of hydrogen-bond acceptors (Lipinski definition) is 3. The number of aromatic amines is 1. The molecule has 17 heavy (non-hydrogen) atoms. The molecule has 1 aliphatic rings. The molecule has 6 nitrogen and oxygen atoms in total. The maximum Gasteiger partial charge on any atom is 0.228 e. The first kappa shape index (κ1) is 10.1. The number of hydrogen-bond donors (Lipinski definition) is 2. The zero-order valence-electron chi connectivity index (χ0n) is 9.26. The molecule has 2 aromatic heterocycles. The maximum absolute atomic E-state index is 12.0. The van der Waals surface area contributed by atoms with Crippen LogP contribution in [0.3, 0.4) is 0 Å². The zero-order chi connectivity index (χ0) is 11.7. The largest absolute Gasteiger partial charge is 0.335 e. The van der Waals surface area contributed by atoms with E-state index in [0.29, 0.717) is 12.1 Å². The second-order valence-corrected chi connectivity index (χ2v) is 4.20. The molecule has 2 aromatic rings. The van der Waals surface area contributed by atoms with Crippen LogP contribution in [0.25, 0.3) is 0 Å². The summed E-state index contributed by atoms with van der Waals surface area (Å²) >= 11 is 0. The summed E-state index contributed by atoms with van der Waals surface area (Å²) in [4.78, 5) is 16.3. The molecule has 3 rings (SSSR count). The van der Waals surface area contributed by atoms with Crippen LogP contribution in [-0.4, -0.2) is 25.7 Å². The van der Waals surface area contributed by atoms with Gasteiger partial charge in [0.2, 0.25) is 5.91 Å². The number of nitrogens with one attached hydrogen (secondary N) is 2. The average molecular weight is 231 g/mol. The standard InChI is InChI=1S/C11H13N5O/c17-11(15-9-6-13-14-7-9)8-1-3-16-4-2-12-10(16)5-8/h2,4,6-8H,1,3,5H2,(H,13,14)(H,15,17). The van der Waals surface area contributed by atoms with Crippen molar-refractivity contribution in [1.82, 2.24) is 19.7 Å². The monoisotopic (exact) mass is 231 g/mol. The van der Waals surface area contributed by atoms with Crippen molar-refractivity contribution >= 4 is 11.6 Å². The van der Waals surface area contributed by atoms with E-state index < -0.39 is 0 Å². The third-order valence-corrected chi connectivity index (χ3v) is 3.09. The van der Waals surface area contributed by atoms with E-state index in [9.17, 15) is 4.79 Å². The highest BCUT2D eigenvalue weighted by Crippen LogP contribution is 2.20. The molecule has 0 saturated carbocycles. The summed E-state index contributed by atoms with van der Waals surface area (Å²) in [6.07, 6.45) is 8.57. The fraction of sp³-hybridized carbons (Fsp3) is 0.364. The van der Waals surface area contributed by atoms with Gasteiger partial charge in [0.25, 0.3) is 0 Å². The van der Waals surface area contributed by atoms with Gasteiger partial charge < -0.3 is 9.88 Å². The van der Waals surface area contributed by atoms with E-state index >= 15 is 0 Å². The van der Waals surface area contributed by atoms with Crippen LogP contribution < -0.4 is 5.32 Å². The first-order valence-electron chi connectivity index (χ1n) is 5.62. The summed E-state index contributed by atoms with van der Waals surface area (Å²) in [6, 6.07) is 0. The van der Waals surface area contributed by atoms with Gasteiger partial charge >= 0.3 is 0 Å². The molecule has 0 aromatic carbocycles. The van der Waals surface area contributed by atoms with Crippen molar-refractivity contribution in [2.75, 3.05) is 5.32 Å². The number of amides is 1. The van der Waals surface area contributed by atoms with Gasteiger partial charge in [-0.15, -0.1) is 0 Å². The fourth-order valence-electron chi connectivity index (χ4n) is 2.14. The second-order valence-electron chi connectivity index (χ2n) is 4.20. The number of carbonyl (C=O) groups excluding carboxylic acids is 1. The minimum atomic E-state index is -0.000185. The molecule has 1 aliphatic heterocycles. The molecule has 1 atom stereocenters. The lowest BCUT2D eigenvalue weighted by molar-refractivity contribution is -0.120. The molecule has 0 fully saturated rings. The number of fused-ring (bicyclic) bond motifs is 1. The maximum atomic E-state index is 12.0. The van der Waals surface area contributed by atoms with Crippen molar-refractivity contribution in [3.05, 3.63) is 30.6 Å². The number of aryl methyl sites for hydroxylation is 1. The summed E-state index contributed by atoms with van der Waals surface area (Å²) in [5.41, 5.74) is 0.712. The molecule has 0 aliphatic carbocycles. The molecule has 0 bridgehead atoms. The highest BCUT2D eigenvalue weighted by molar-refractivity contribution is 5.92. The zero-order valence-corrected chi connectivity index (χ0v) is 9.26. The van der Waals surface area contributed by atoms with Gasteiger partial charge in [0.05, 0.1) is 11.9 Å². The molecule has 0 spiro atoms. The number of nitrogens with zero attached hydrogens (tertiary/aromatic N) is 3. The number of imidazole rings is 1. The van der Waals surface area contributed by atoms with E-state index in [4.69, 9.17) is 0 Å². The Kier molecular flexibility index (Phi) is 2.40.